The van der Waals surface area contributed by atoms with Crippen LogP contribution in [0.4, 0.5) is 0 Å². The van der Waals surface area contributed by atoms with Crippen LogP contribution in [0.5, 0.6) is 11.5 Å². The van der Waals surface area contributed by atoms with E-state index in [9.17, 15) is 5.26 Å². The predicted octanol–water partition coefficient (Wildman–Crippen LogP) is 5.57. The zero-order valence-corrected chi connectivity index (χ0v) is 20.4. The number of likely N-dealkylation sites (tertiary alicyclic amines) is 1. The van der Waals surface area contributed by atoms with Gasteiger partial charge in [0, 0.05) is 18.3 Å². The van der Waals surface area contributed by atoms with Gasteiger partial charge < -0.3 is 14.0 Å². The van der Waals surface area contributed by atoms with Gasteiger partial charge in [0.25, 0.3) is 0 Å². The molecule has 0 amide bonds. The van der Waals surface area contributed by atoms with Gasteiger partial charge in [-0.15, -0.1) is 0 Å². The van der Waals surface area contributed by atoms with Gasteiger partial charge in [-0.2, -0.15) is 5.26 Å². The lowest BCUT2D eigenvalue weighted by molar-refractivity contribution is -0.920. The number of nitrogens with zero attached hydrogens (tertiary/aromatic N) is 2. The number of quaternary nitrogens is 1. The molecule has 2 unspecified atom stereocenters. The summed E-state index contributed by atoms with van der Waals surface area (Å²) in [6, 6.07) is 30.0. The van der Waals surface area contributed by atoms with Gasteiger partial charge in [-0.3, -0.25) is 0 Å². The van der Waals surface area contributed by atoms with Crippen molar-refractivity contribution in [3.05, 3.63) is 95.6 Å². The summed E-state index contributed by atoms with van der Waals surface area (Å²) in [5.41, 5.74) is 3.00. The molecule has 0 radical (unpaired) electrons. The summed E-state index contributed by atoms with van der Waals surface area (Å²) in [6.45, 7) is 7.48. The number of rotatable bonds is 8. The van der Waals surface area contributed by atoms with Crippen LogP contribution in [0.2, 0.25) is 0 Å². The van der Waals surface area contributed by atoms with Gasteiger partial charge in [0.2, 0.25) is 6.79 Å². The predicted molar refractivity (Wildman–Crippen MR) is 136 cm³/mol. The summed E-state index contributed by atoms with van der Waals surface area (Å²) in [5, 5.41) is 10.6. The lowest BCUT2D eigenvalue weighted by atomic mass is 9.71. The number of ether oxygens (including phenoxy) is 2. The van der Waals surface area contributed by atoms with Crippen LogP contribution in [0.15, 0.2) is 78.9 Å². The van der Waals surface area contributed by atoms with E-state index in [0.29, 0.717) is 12.7 Å². The Hall–Kier alpha value is -3.29. The van der Waals surface area contributed by atoms with Crippen LogP contribution in [0, 0.1) is 29.1 Å². The molecule has 3 aromatic carbocycles. The first-order chi connectivity index (χ1) is 17.2. The largest absolute Gasteiger partial charge is 0.454 e. The second kappa shape index (κ2) is 8.73. The SMILES string of the molecule is CC[N+]1(CCc2ccc3c(c2)OCO3)CC2C(CC(C#N)(c3ccccc3)c3ccccc3)C2C1. The van der Waals surface area contributed by atoms with Crippen LogP contribution in [0.25, 0.3) is 0 Å². The Morgan fingerprint density at radius 1 is 0.886 bits per heavy atom. The molecule has 3 aliphatic rings. The molecule has 1 aliphatic carbocycles. The third-order valence-electron chi connectivity index (χ3n) is 8.95. The lowest BCUT2D eigenvalue weighted by Gasteiger charge is -2.37. The highest BCUT2D eigenvalue weighted by Crippen LogP contribution is 2.59. The molecule has 178 valence electrons. The molecule has 2 atom stereocenters. The second-order valence-corrected chi connectivity index (χ2v) is 10.6. The quantitative estimate of drug-likeness (QED) is 0.409. The fourth-order valence-corrected chi connectivity index (χ4v) is 6.78. The molecule has 1 saturated heterocycles. The molecule has 1 saturated carbocycles. The molecule has 0 bridgehead atoms. The number of fused-ring (bicyclic) bond motifs is 2. The van der Waals surface area contributed by atoms with Crippen molar-refractivity contribution in [1.29, 1.82) is 5.26 Å². The van der Waals surface area contributed by atoms with Crippen LogP contribution < -0.4 is 9.47 Å². The second-order valence-electron chi connectivity index (χ2n) is 10.6. The number of hydrogen-bond donors (Lipinski definition) is 0. The topological polar surface area (TPSA) is 42.2 Å². The Kier molecular flexibility index (Phi) is 5.54. The van der Waals surface area contributed by atoms with Gasteiger partial charge >= 0.3 is 0 Å². The minimum absolute atomic E-state index is 0.328. The molecular formula is C31H33N2O2+. The maximum Gasteiger partial charge on any atom is 0.231 e. The van der Waals surface area contributed by atoms with Crippen molar-refractivity contribution < 1.29 is 14.0 Å². The summed E-state index contributed by atoms with van der Waals surface area (Å²) >= 11 is 0. The third-order valence-corrected chi connectivity index (χ3v) is 8.95. The van der Waals surface area contributed by atoms with Crippen molar-refractivity contribution >= 4 is 0 Å². The fourth-order valence-electron chi connectivity index (χ4n) is 6.78. The minimum atomic E-state index is -0.577. The summed E-state index contributed by atoms with van der Waals surface area (Å²) in [5.74, 6) is 3.82. The number of nitriles is 1. The Bertz CT molecular complexity index is 1180. The molecular weight excluding hydrogens is 432 g/mol. The lowest BCUT2D eigenvalue weighted by Crippen LogP contribution is -2.49. The molecule has 2 aliphatic heterocycles. The molecule has 4 heteroatoms. The molecule has 35 heavy (non-hydrogen) atoms. The zero-order chi connectivity index (χ0) is 23.9. The molecule has 3 aromatic rings. The molecule has 2 fully saturated rings. The van der Waals surface area contributed by atoms with E-state index >= 15 is 0 Å². The Morgan fingerprint density at radius 2 is 1.51 bits per heavy atom. The molecule has 0 aromatic heterocycles. The van der Waals surface area contributed by atoms with Crippen LogP contribution in [0.1, 0.15) is 30.0 Å². The Labute approximate surface area is 208 Å². The monoisotopic (exact) mass is 465 g/mol. The van der Waals surface area contributed by atoms with E-state index in [1.54, 1.807) is 0 Å². The zero-order valence-electron chi connectivity index (χ0n) is 20.4. The van der Waals surface area contributed by atoms with Crippen LogP contribution in [-0.2, 0) is 11.8 Å². The fraction of sp³-hybridized carbons (Fsp3) is 0.387. The average Bonchev–Trinajstić information content (AvgIpc) is 3.24. The van der Waals surface area contributed by atoms with E-state index in [4.69, 9.17) is 9.47 Å². The van der Waals surface area contributed by atoms with Crippen molar-refractivity contribution in [2.45, 2.75) is 25.2 Å². The van der Waals surface area contributed by atoms with Crippen molar-refractivity contribution in [2.75, 3.05) is 33.0 Å². The maximum absolute atomic E-state index is 10.6. The van der Waals surface area contributed by atoms with E-state index in [0.717, 1.165) is 53.8 Å². The van der Waals surface area contributed by atoms with E-state index < -0.39 is 5.41 Å². The van der Waals surface area contributed by atoms with Gasteiger partial charge in [-0.25, -0.2) is 0 Å². The van der Waals surface area contributed by atoms with Crippen LogP contribution in [-0.4, -0.2) is 37.5 Å². The smallest absolute Gasteiger partial charge is 0.231 e. The standard InChI is InChI=1S/C31H33N2O2/c1-2-33(16-15-23-13-14-29-30(17-23)35-22-34-29)19-27-26(28(27)20-33)18-31(21-32,24-9-5-3-6-10-24)25-11-7-4-8-12-25/h3-14,17,26-28H,2,15-16,18-20,22H2,1H3/q+1. The summed E-state index contributed by atoms with van der Waals surface area (Å²) in [4.78, 5) is 0. The highest BCUT2D eigenvalue weighted by atomic mass is 16.7. The maximum atomic E-state index is 10.6. The molecule has 4 nitrogen and oxygen atoms in total. The molecule has 0 N–H and O–H groups in total. The Balaban J connectivity index is 1.17. The van der Waals surface area contributed by atoms with E-state index in [2.05, 4.69) is 73.7 Å². The molecule has 2 heterocycles. The molecule has 0 spiro atoms. The van der Waals surface area contributed by atoms with Crippen LogP contribution in [0.3, 0.4) is 0 Å². The van der Waals surface area contributed by atoms with Gasteiger partial charge in [0.15, 0.2) is 11.5 Å². The van der Waals surface area contributed by atoms with Crippen molar-refractivity contribution in [3.63, 3.8) is 0 Å². The van der Waals surface area contributed by atoms with Crippen molar-refractivity contribution in [1.82, 2.24) is 0 Å². The number of benzene rings is 3. The number of piperidine rings is 1. The van der Waals surface area contributed by atoms with Gasteiger partial charge in [-0.05, 0) is 48.1 Å². The minimum Gasteiger partial charge on any atom is -0.454 e. The van der Waals surface area contributed by atoms with Gasteiger partial charge in [0.1, 0.15) is 5.41 Å². The molecule has 6 rings (SSSR count). The first-order valence-corrected chi connectivity index (χ1v) is 12.9. The van der Waals surface area contributed by atoms with Gasteiger partial charge in [0.05, 0.1) is 32.2 Å². The number of likely N-dealkylation sites (N-methyl/N-ethyl adjacent to an activating group) is 1. The first kappa shape index (κ1) is 22.2. The summed E-state index contributed by atoms with van der Waals surface area (Å²) < 4.78 is 12.2. The Morgan fingerprint density at radius 3 is 2.11 bits per heavy atom. The normalized spacial score (nSPS) is 26.2. The average molecular weight is 466 g/mol. The summed E-state index contributed by atoms with van der Waals surface area (Å²) in [6.07, 6.45) is 1.98. The van der Waals surface area contributed by atoms with Crippen molar-refractivity contribution in [3.8, 4) is 17.6 Å². The van der Waals surface area contributed by atoms with Gasteiger partial charge in [-0.1, -0.05) is 66.7 Å². The highest BCUT2D eigenvalue weighted by molar-refractivity contribution is 5.47. The van der Waals surface area contributed by atoms with E-state index in [1.807, 2.05) is 18.2 Å². The van der Waals surface area contributed by atoms with Crippen LogP contribution >= 0.6 is 0 Å². The first-order valence-electron chi connectivity index (χ1n) is 12.9. The van der Waals surface area contributed by atoms with E-state index in [-0.39, 0.29) is 0 Å². The van der Waals surface area contributed by atoms with E-state index in [1.165, 1.54) is 29.7 Å². The van der Waals surface area contributed by atoms with Crippen molar-refractivity contribution in [2.24, 2.45) is 17.8 Å². The number of hydrogen-bond acceptors (Lipinski definition) is 3. The third kappa shape index (κ3) is 3.89. The highest BCUT2D eigenvalue weighted by Gasteiger charge is 2.64. The summed E-state index contributed by atoms with van der Waals surface area (Å²) in [7, 11) is 0.